The zero-order chi connectivity index (χ0) is 38.9. The van der Waals surface area contributed by atoms with Crippen LogP contribution in [0.2, 0.25) is 0 Å². The van der Waals surface area contributed by atoms with Gasteiger partial charge in [0.1, 0.15) is 11.5 Å². The molecule has 0 saturated carbocycles. The van der Waals surface area contributed by atoms with Crippen LogP contribution in [0.25, 0.3) is 31.3 Å². The quantitative estimate of drug-likeness (QED) is 0.170. The van der Waals surface area contributed by atoms with E-state index in [0.29, 0.717) is 11.8 Å². The molecule has 5 aromatic rings. The van der Waals surface area contributed by atoms with Gasteiger partial charge >= 0.3 is 0 Å². The molecule has 1 aliphatic heterocycles. The molecule has 59 heavy (non-hydrogen) atoms. The Hall–Kier alpha value is -6.42. The van der Waals surface area contributed by atoms with Gasteiger partial charge in [-0.3, -0.25) is 0 Å². The number of ether oxygens (including phenoxy) is 1. The lowest BCUT2D eigenvalue weighted by Crippen LogP contribution is -2.37. The van der Waals surface area contributed by atoms with Gasteiger partial charge in [-0.25, -0.2) is 0 Å². The molecule has 6 unspecified atom stereocenters. The number of para-hydroxylation sites is 1. The fourth-order valence-corrected chi connectivity index (χ4v) is 12.0. The van der Waals surface area contributed by atoms with E-state index in [1.807, 2.05) is 11.3 Å². The van der Waals surface area contributed by atoms with Crippen LogP contribution < -0.4 is 9.64 Å². The second kappa shape index (κ2) is 14.1. The summed E-state index contributed by atoms with van der Waals surface area (Å²) in [4.78, 5) is 2.67. The molecule has 4 aromatic carbocycles. The van der Waals surface area contributed by atoms with Crippen molar-refractivity contribution in [3.63, 3.8) is 0 Å². The lowest BCUT2D eigenvalue weighted by atomic mass is 9.72. The van der Waals surface area contributed by atoms with Gasteiger partial charge in [-0.1, -0.05) is 182 Å². The number of fused-ring (bicyclic) bond motifs is 8. The Labute approximate surface area is 350 Å². The number of allylic oxidation sites excluding steroid dienone is 21. The molecule has 0 fully saturated rings. The molecule has 6 atom stereocenters. The molecule has 0 bridgehead atoms. The minimum absolute atomic E-state index is 0.129. The molecular weight excluding hydrogens is 735 g/mol. The van der Waals surface area contributed by atoms with Crippen molar-refractivity contribution in [1.29, 1.82) is 0 Å². The van der Waals surface area contributed by atoms with Gasteiger partial charge in [0.25, 0.3) is 0 Å². The summed E-state index contributed by atoms with van der Waals surface area (Å²) in [6, 6.07) is 33.3. The first-order valence-corrected chi connectivity index (χ1v) is 22.0. The van der Waals surface area contributed by atoms with Crippen LogP contribution in [0, 0.1) is 23.7 Å². The molecule has 7 aliphatic rings. The van der Waals surface area contributed by atoms with Gasteiger partial charge in [0, 0.05) is 56.3 Å². The van der Waals surface area contributed by atoms with Gasteiger partial charge in [-0.15, -0.1) is 11.3 Å². The smallest absolute Gasteiger partial charge is 0.130 e. The third kappa shape index (κ3) is 5.67. The highest BCUT2D eigenvalue weighted by molar-refractivity contribution is 7.27. The zero-order valence-electron chi connectivity index (χ0n) is 32.7. The Morgan fingerprint density at radius 3 is 2.24 bits per heavy atom. The van der Waals surface area contributed by atoms with E-state index in [2.05, 4.69) is 205 Å². The van der Waals surface area contributed by atoms with Crippen molar-refractivity contribution in [1.82, 2.24) is 0 Å². The number of anilines is 1. The molecule has 0 spiro atoms. The highest BCUT2D eigenvalue weighted by Gasteiger charge is 2.39. The normalized spacial score (nSPS) is 25.8. The predicted octanol–water partition coefficient (Wildman–Crippen LogP) is 14.2. The van der Waals surface area contributed by atoms with Crippen LogP contribution in [-0.4, -0.2) is 6.04 Å². The van der Waals surface area contributed by atoms with E-state index in [0.717, 1.165) is 24.4 Å². The van der Waals surface area contributed by atoms with Crippen LogP contribution in [0.5, 0.6) is 5.75 Å². The fraction of sp³-hybridized carbons (Fsp3) is 0.143. The van der Waals surface area contributed by atoms with E-state index in [-0.39, 0.29) is 23.8 Å². The van der Waals surface area contributed by atoms with E-state index in [1.165, 1.54) is 70.5 Å². The largest absolute Gasteiger partial charge is 0.460 e. The summed E-state index contributed by atoms with van der Waals surface area (Å²) in [5, 5.41) is 2.63. The predicted molar refractivity (Wildman–Crippen MR) is 247 cm³/mol. The van der Waals surface area contributed by atoms with E-state index < -0.39 is 0 Å². The molecule has 0 N–H and O–H groups in total. The third-order valence-corrected chi connectivity index (χ3v) is 14.7. The monoisotopic (exact) mass is 777 g/mol. The Balaban J connectivity index is 0.989. The molecule has 284 valence electrons. The first kappa shape index (κ1) is 34.6. The van der Waals surface area contributed by atoms with Crippen LogP contribution in [-0.2, 0) is 0 Å². The van der Waals surface area contributed by atoms with E-state index in [9.17, 15) is 0 Å². The minimum Gasteiger partial charge on any atom is -0.460 e. The molecule has 1 aromatic heterocycles. The molecular formula is C56H43NOS. The second-order valence-corrected chi connectivity index (χ2v) is 17.6. The van der Waals surface area contributed by atoms with Crippen LogP contribution in [0.3, 0.4) is 0 Å². The summed E-state index contributed by atoms with van der Waals surface area (Å²) >= 11 is 1.94. The van der Waals surface area contributed by atoms with Gasteiger partial charge in [-0.2, -0.15) is 0 Å². The summed E-state index contributed by atoms with van der Waals surface area (Å²) in [6.07, 6.45) is 44.1. The van der Waals surface area contributed by atoms with Crippen molar-refractivity contribution < 1.29 is 4.74 Å². The molecule has 12 rings (SSSR count). The van der Waals surface area contributed by atoms with Crippen LogP contribution >= 0.6 is 11.3 Å². The topological polar surface area (TPSA) is 12.5 Å². The standard InChI is InChI=1S/C56H43NOS/c1-2-14-37(15-3-1)42-23-11-26-49-50-27-13-28-52(56(50)59-55(42)49)57(39-32-30-38(31-33-39)41-22-10-17-36-16-4-5-18-40(36)41)51-35-34-44(43-19-6-7-20-45(43)51)47-24-12-25-48-46-21-8-9-29-53(46)58-54(47)48/h1-24,26-32,34-35,39-41,43-44,48H,25,33H2. The minimum atomic E-state index is 0.129. The van der Waals surface area contributed by atoms with E-state index in [1.54, 1.807) is 0 Å². The number of thiophene rings is 1. The number of nitrogens with zero attached hydrogens (tertiary/aromatic N) is 1. The molecule has 2 nitrogen and oxygen atoms in total. The second-order valence-electron chi connectivity index (χ2n) is 16.5. The molecule has 0 radical (unpaired) electrons. The zero-order valence-corrected chi connectivity index (χ0v) is 33.5. The van der Waals surface area contributed by atoms with Crippen molar-refractivity contribution in [2.45, 2.75) is 24.8 Å². The lowest BCUT2D eigenvalue weighted by molar-refractivity contribution is 0.406. The van der Waals surface area contributed by atoms with Crippen LogP contribution in [0.1, 0.15) is 24.3 Å². The van der Waals surface area contributed by atoms with Crippen LogP contribution in [0.4, 0.5) is 5.69 Å². The Kier molecular flexibility index (Phi) is 8.30. The average Bonchev–Trinajstić information content (AvgIpc) is 3.89. The van der Waals surface area contributed by atoms with Crippen LogP contribution in [0.15, 0.2) is 234 Å². The van der Waals surface area contributed by atoms with Crippen molar-refractivity contribution in [3.05, 3.63) is 240 Å². The fourth-order valence-electron chi connectivity index (χ4n) is 10.6. The molecule has 3 heteroatoms. The molecule has 2 heterocycles. The number of hydrogen-bond donors (Lipinski definition) is 0. The summed E-state index contributed by atoms with van der Waals surface area (Å²) in [7, 11) is 0. The number of hydrogen-bond acceptors (Lipinski definition) is 3. The van der Waals surface area contributed by atoms with E-state index in [4.69, 9.17) is 4.74 Å². The maximum Gasteiger partial charge on any atom is 0.130 e. The highest BCUT2D eigenvalue weighted by atomic mass is 32.1. The molecule has 0 saturated heterocycles. The van der Waals surface area contributed by atoms with Gasteiger partial charge < -0.3 is 9.64 Å². The number of benzene rings is 4. The summed E-state index contributed by atoms with van der Waals surface area (Å²) in [6.45, 7) is 0. The summed E-state index contributed by atoms with van der Waals surface area (Å²) in [5.41, 5.74) is 11.8. The first-order chi connectivity index (χ1) is 29.3. The third-order valence-electron chi connectivity index (χ3n) is 13.4. The van der Waals surface area contributed by atoms with E-state index >= 15 is 0 Å². The van der Waals surface area contributed by atoms with Crippen molar-refractivity contribution in [2.24, 2.45) is 23.7 Å². The Morgan fingerprint density at radius 2 is 1.34 bits per heavy atom. The maximum atomic E-state index is 6.70. The summed E-state index contributed by atoms with van der Waals surface area (Å²) < 4.78 is 9.37. The average molecular weight is 778 g/mol. The SMILES string of the molecule is C1=CC2=CC=CC(C3=CCC(N(C4=C5C=CC=CC5C(C5=C6Oc7ccccc7C6CC=C5)C=C4)c4cccc5c4sc4c(-c6ccccc6)cccc45)C=C3)C2C=C1. The van der Waals surface area contributed by atoms with Crippen molar-refractivity contribution in [2.75, 3.05) is 4.90 Å². The number of rotatable bonds is 6. The molecule has 0 amide bonds. The van der Waals surface area contributed by atoms with Gasteiger partial charge in [-0.05, 0) is 64.5 Å². The van der Waals surface area contributed by atoms with Crippen molar-refractivity contribution >= 4 is 37.2 Å². The van der Waals surface area contributed by atoms with Crippen molar-refractivity contribution in [3.8, 4) is 16.9 Å². The van der Waals surface area contributed by atoms with Gasteiger partial charge in [0.05, 0.1) is 16.4 Å². The Bertz CT molecular complexity index is 2950. The van der Waals surface area contributed by atoms with Gasteiger partial charge in [0.2, 0.25) is 0 Å². The Morgan fingerprint density at radius 1 is 0.559 bits per heavy atom. The lowest BCUT2D eigenvalue weighted by Gasteiger charge is -2.40. The maximum absolute atomic E-state index is 6.70. The summed E-state index contributed by atoms with van der Waals surface area (Å²) in [5.74, 6) is 3.46. The van der Waals surface area contributed by atoms with Gasteiger partial charge in [0.15, 0.2) is 0 Å². The highest BCUT2D eigenvalue weighted by Crippen LogP contribution is 2.52. The molecule has 6 aliphatic carbocycles. The first-order valence-electron chi connectivity index (χ1n) is 21.1.